The summed E-state index contributed by atoms with van der Waals surface area (Å²) in [7, 11) is 0. The van der Waals surface area contributed by atoms with Gasteiger partial charge in [-0.05, 0) is 46.6 Å². The van der Waals surface area contributed by atoms with Crippen molar-refractivity contribution in [1.82, 2.24) is 5.32 Å². The highest BCUT2D eigenvalue weighted by atomic mass is 79.9. The lowest BCUT2D eigenvalue weighted by molar-refractivity contribution is -0.112. The van der Waals surface area contributed by atoms with Gasteiger partial charge in [0.1, 0.15) is 0 Å². The minimum absolute atomic E-state index is 0.0792. The number of hydrogen-bond acceptors (Lipinski definition) is 2. The van der Waals surface area contributed by atoms with Gasteiger partial charge in [0.15, 0.2) is 0 Å². The van der Waals surface area contributed by atoms with Crippen LogP contribution < -0.4 is 10.6 Å². The average molecular weight is 316 g/mol. The van der Waals surface area contributed by atoms with Gasteiger partial charge in [-0.3, -0.25) is 4.79 Å². The quantitative estimate of drug-likeness (QED) is 0.824. The third kappa shape index (κ3) is 2.89. The average Bonchev–Trinajstić information content (AvgIpc) is 2.21. The second-order valence-electron chi connectivity index (χ2n) is 3.91. The molecule has 17 heavy (non-hydrogen) atoms. The number of carbonyl (C=O) groups is 1. The van der Waals surface area contributed by atoms with Gasteiger partial charge in [0.05, 0.1) is 5.69 Å². The molecule has 2 rings (SSSR count). The molecule has 0 unspecified atom stereocenters. The van der Waals surface area contributed by atoms with E-state index in [9.17, 15) is 4.79 Å². The van der Waals surface area contributed by atoms with Crippen molar-refractivity contribution in [3.05, 3.63) is 38.8 Å². The monoisotopic (exact) mass is 314 g/mol. The Hall–Kier alpha value is -0.840. The van der Waals surface area contributed by atoms with Crippen molar-refractivity contribution in [2.45, 2.75) is 6.92 Å². The van der Waals surface area contributed by atoms with Gasteiger partial charge in [-0.25, -0.2) is 0 Å². The summed E-state index contributed by atoms with van der Waals surface area (Å²) < 4.78 is 0.819. The van der Waals surface area contributed by atoms with Gasteiger partial charge in [-0.15, -0.1) is 0 Å². The van der Waals surface area contributed by atoms with Gasteiger partial charge in [0, 0.05) is 28.2 Å². The molecular formula is C12H12BrClN2O. The van der Waals surface area contributed by atoms with Crippen LogP contribution in [0.1, 0.15) is 6.92 Å². The fraction of sp³-hybridized carbons (Fsp3) is 0.250. The van der Waals surface area contributed by atoms with E-state index in [1.165, 1.54) is 0 Å². The fourth-order valence-electron chi connectivity index (χ4n) is 1.49. The molecule has 0 radical (unpaired) electrons. The zero-order valence-corrected chi connectivity index (χ0v) is 11.7. The molecule has 1 saturated heterocycles. The van der Waals surface area contributed by atoms with Crippen LogP contribution in [0.4, 0.5) is 5.69 Å². The molecule has 0 aromatic heterocycles. The first kappa shape index (κ1) is 12.6. The maximum Gasteiger partial charge on any atom is 0.251 e. The van der Waals surface area contributed by atoms with Crippen LogP contribution in [0.25, 0.3) is 0 Å². The van der Waals surface area contributed by atoms with E-state index >= 15 is 0 Å². The van der Waals surface area contributed by atoms with Gasteiger partial charge in [0.25, 0.3) is 5.91 Å². The normalized spacial score (nSPS) is 14.2. The smallest absolute Gasteiger partial charge is 0.251 e. The van der Waals surface area contributed by atoms with Crippen molar-refractivity contribution in [3.8, 4) is 0 Å². The third-order valence-corrected chi connectivity index (χ3v) is 3.65. The van der Waals surface area contributed by atoms with Crippen LogP contribution in [0.5, 0.6) is 0 Å². The molecule has 0 atom stereocenters. The van der Waals surface area contributed by atoms with Crippen LogP contribution in [0.2, 0.25) is 5.02 Å². The summed E-state index contributed by atoms with van der Waals surface area (Å²) in [5, 5.41) is 6.55. The largest absolute Gasteiger partial charge is 0.321 e. The SMILES string of the molecule is CC(C(=O)Nc1cc(Cl)ccc1Br)=C1CNC1. The molecule has 3 nitrogen and oxygen atoms in total. The van der Waals surface area contributed by atoms with Crippen molar-refractivity contribution in [3.63, 3.8) is 0 Å². The first-order chi connectivity index (χ1) is 8.08. The minimum atomic E-state index is -0.0792. The Kier molecular flexibility index (Phi) is 3.86. The maximum absolute atomic E-state index is 11.9. The van der Waals surface area contributed by atoms with Crippen LogP contribution in [-0.2, 0) is 4.79 Å². The fourth-order valence-corrected chi connectivity index (χ4v) is 2.00. The Bertz CT molecular complexity index is 493. The van der Waals surface area contributed by atoms with Crippen molar-refractivity contribution in [2.24, 2.45) is 0 Å². The summed E-state index contributed by atoms with van der Waals surface area (Å²) in [5.41, 5.74) is 2.62. The number of rotatable bonds is 2. The molecule has 1 aliphatic heterocycles. The molecule has 1 aromatic carbocycles. The molecule has 0 aliphatic carbocycles. The van der Waals surface area contributed by atoms with E-state index in [1.54, 1.807) is 12.1 Å². The molecule has 0 bridgehead atoms. The third-order valence-electron chi connectivity index (χ3n) is 2.72. The molecule has 2 N–H and O–H groups in total. The van der Waals surface area contributed by atoms with Gasteiger partial charge in [0.2, 0.25) is 0 Å². The first-order valence-electron chi connectivity index (χ1n) is 5.23. The standard InChI is InChI=1S/C12H12BrClN2O/c1-7(8-5-15-6-8)12(17)16-11-4-9(14)2-3-10(11)13/h2-4,15H,5-6H2,1H3,(H,16,17). The molecule has 1 aromatic rings. The van der Waals surface area contributed by atoms with Crippen LogP contribution in [0.15, 0.2) is 33.8 Å². The Balaban J connectivity index is 2.15. The van der Waals surface area contributed by atoms with Crippen molar-refractivity contribution >= 4 is 39.1 Å². The molecule has 0 saturated carbocycles. The van der Waals surface area contributed by atoms with E-state index in [4.69, 9.17) is 11.6 Å². The van der Waals surface area contributed by atoms with E-state index in [-0.39, 0.29) is 5.91 Å². The lowest BCUT2D eigenvalue weighted by Gasteiger charge is -2.21. The molecule has 90 valence electrons. The number of nitrogens with one attached hydrogen (secondary N) is 2. The number of hydrogen-bond donors (Lipinski definition) is 2. The maximum atomic E-state index is 11.9. The lowest BCUT2D eigenvalue weighted by atomic mass is 10.0. The summed E-state index contributed by atoms with van der Waals surface area (Å²) in [4.78, 5) is 11.9. The van der Waals surface area contributed by atoms with Gasteiger partial charge in [-0.2, -0.15) is 0 Å². The first-order valence-corrected chi connectivity index (χ1v) is 6.41. The van der Waals surface area contributed by atoms with Crippen LogP contribution in [0.3, 0.4) is 0 Å². The Morgan fingerprint density at radius 2 is 2.18 bits per heavy atom. The highest BCUT2D eigenvalue weighted by Crippen LogP contribution is 2.26. The Labute approximate surface area is 113 Å². The minimum Gasteiger partial charge on any atom is -0.321 e. The number of benzene rings is 1. The van der Waals surface area contributed by atoms with Gasteiger partial charge >= 0.3 is 0 Å². The second kappa shape index (κ2) is 5.21. The van der Waals surface area contributed by atoms with E-state index in [2.05, 4.69) is 26.6 Å². The molecule has 1 aliphatic rings. The predicted molar refractivity (Wildman–Crippen MR) is 73.4 cm³/mol. The Morgan fingerprint density at radius 1 is 1.47 bits per heavy atom. The topological polar surface area (TPSA) is 41.1 Å². The summed E-state index contributed by atoms with van der Waals surface area (Å²) in [6.07, 6.45) is 0. The van der Waals surface area contributed by atoms with Gasteiger partial charge in [-0.1, -0.05) is 11.6 Å². The van der Waals surface area contributed by atoms with Crippen LogP contribution in [0, 0.1) is 0 Å². The van der Waals surface area contributed by atoms with E-state index in [1.807, 2.05) is 13.0 Å². The van der Waals surface area contributed by atoms with Crippen molar-refractivity contribution < 1.29 is 4.79 Å². The molecule has 1 heterocycles. The van der Waals surface area contributed by atoms with E-state index < -0.39 is 0 Å². The summed E-state index contributed by atoms with van der Waals surface area (Å²) in [5.74, 6) is -0.0792. The number of halogens is 2. The number of amides is 1. The lowest BCUT2D eigenvalue weighted by Crippen LogP contribution is -2.36. The zero-order chi connectivity index (χ0) is 12.4. The number of anilines is 1. The van der Waals surface area contributed by atoms with E-state index in [0.717, 1.165) is 28.7 Å². The Morgan fingerprint density at radius 3 is 2.76 bits per heavy atom. The van der Waals surface area contributed by atoms with Gasteiger partial charge < -0.3 is 10.6 Å². The zero-order valence-electron chi connectivity index (χ0n) is 9.31. The molecule has 1 amide bonds. The highest BCUT2D eigenvalue weighted by molar-refractivity contribution is 9.10. The number of carbonyl (C=O) groups excluding carboxylic acids is 1. The van der Waals surface area contributed by atoms with Crippen molar-refractivity contribution in [2.75, 3.05) is 18.4 Å². The van der Waals surface area contributed by atoms with E-state index in [0.29, 0.717) is 10.7 Å². The molecule has 1 fully saturated rings. The van der Waals surface area contributed by atoms with Crippen molar-refractivity contribution in [1.29, 1.82) is 0 Å². The molecular weight excluding hydrogens is 304 g/mol. The summed E-state index contributed by atoms with van der Waals surface area (Å²) in [6.45, 7) is 3.44. The second-order valence-corrected chi connectivity index (χ2v) is 5.20. The summed E-state index contributed by atoms with van der Waals surface area (Å²) >= 11 is 9.26. The summed E-state index contributed by atoms with van der Waals surface area (Å²) in [6, 6.07) is 5.30. The van der Waals surface area contributed by atoms with Crippen LogP contribution >= 0.6 is 27.5 Å². The predicted octanol–water partition coefficient (Wildman–Crippen LogP) is 2.96. The highest BCUT2D eigenvalue weighted by Gasteiger charge is 2.16. The molecule has 0 spiro atoms. The molecule has 5 heteroatoms. The van der Waals surface area contributed by atoms with Crippen LogP contribution in [-0.4, -0.2) is 19.0 Å².